The van der Waals surface area contributed by atoms with Gasteiger partial charge in [0.25, 0.3) is 0 Å². The molecule has 2 rings (SSSR count). The fourth-order valence-corrected chi connectivity index (χ4v) is 3.67. The van der Waals surface area contributed by atoms with Crippen LogP contribution in [0.15, 0.2) is 29.2 Å². The van der Waals surface area contributed by atoms with Crippen molar-refractivity contribution in [3.8, 4) is 0 Å². The van der Waals surface area contributed by atoms with Gasteiger partial charge in [0.05, 0.1) is 0 Å². The molecule has 1 saturated carbocycles. The Balaban J connectivity index is 1.86. The van der Waals surface area contributed by atoms with E-state index >= 15 is 0 Å². The van der Waals surface area contributed by atoms with Crippen molar-refractivity contribution in [2.75, 3.05) is 6.54 Å². The first kappa shape index (κ1) is 13.0. The van der Waals surface area contributed by atoms with E-state index in [2.05, 4.69) is 48.3 Å². The first-order valence-electron chi connectivity index (χ1n) is 6.85. The molecule has 0 radical (unpaired) electrons. The monoisotopic (exact) mass is 249 g/mol. The zero-order valence-electron chi connectivity index (χ0n) is 10.7. The Labute approximate surface area is 109 Å². The van der Waals surface area contributed by atoms with Crippen LogP contribution in [0.3, 0.4) is 0 Å². The fourth-order valence-electron chi connectivity index (χ4n) is 2.34. The van der Waals surface area contributed by atoms with Gasteiger partial charge in [0.2, 0.25) is 0 Å². The maximum atomic E-state index is 3.46. The van der Waals surface area contributed by atoms with Crippen LogP contribution in [0.4, 0.5) is 0 Å². The van der Waals surface area contributed by atoms with E-state index < -0.39 is 0 Å². The highest BCUT2D eigenvalue weighted by atomic mass is 32.2. The van der Waals surface area contributed by atoms with Crippen LogP contribution in [-0.4, -0.2) is 11.8 Å². The third-order valence-electron chi connectivity index (χ3n) is 3.26. The molecule has 0 saturated heterocycles. The number of benzene rings is 1. The van der Waals surface area contributed by atoms with Gasteiger partial charge in [-0.1, -0.05) is 31.9 Å². The largest absolute Gasteiger partial charge is 0.313 e. The summed E-state index contributed by atoms with van der Waals surface area (Å²) in [6.07, 6.45) is 6.87. The molecule has 0 bridgehead atoms. The van der Waals surface area contributed by atoms with E-state index in [4.69, 9.17) is 0 Å². The van der Waals surface area contributed by atoms with Gasteiger partial charge >= 0.3 is 0 Å². The minimum Gasteiger partial charge on any atom is -0.313 e. The van der Waals surface area contributed by atoms with E-state index in [0.717, 1.165) is 18.3 Å². The molecule has 0 spiro atoms. The first-order valence-corrected chi connectivity index (χ1v) is 7.73. The average Bonchev–Trinajstić information content (AvgIpc) is 2.83. The zero-order valence-corrected chi connectivity index (χ0v) is 11.6. The third kappa shape index (κ3) is 4.36. The van der Waals surface area contributed by atoms with Gasteiger partial charge in [0.1, 0.15) is 0 Å². The predicted octanol–water partition coefficient (Wildman–Crippen LogP) is 4.22. The second kappa shape index (κ2) is 7.07. The van der Waals surface area contributed by atoms with E-state index in [9.17, 15) is 0 Å². The van der Waals surface area contributed by atoms with E-state index in [-0.39, 0.29) is 0 Å². The molecule has 1 aliphatic carbocycles. The highest BCUT2D eigenvalue weighted by molar-refractivity contribution is 8.00. The van der Waals surface area contributed by atoms with Crippen LogP contribution in [0.5, 0.6) is 0 Å². The summed E-state index contributed by atoms with van der Waals surface area (Å²) in [5.41, 5.74) is 1.42. The van der Waals surface area contributed by atoms with Crippen molar-refractivity contribution in [3.05, 3.63) is 29.8 Å². The van der Waals surface area contributed by atoms with Crippen LogP contribution in [0.2, 0.25) is 0 Å². The van der Waals surface area contributed by atoms with Gasteiger partial charge in [-0.15, -0.1) is 11.8 Å². The number of hydrogen-bond acceptors (Lipinski definition) is 2. The number of thioether (sulfide) groups is 1. The quantitative estimate of drug-likeness (QED) is 0.758. The Hall–Kier alpha value is -0.470. The molecule has 94 valence electrons. The maximum Gasteiger partial charge on any atom is 0.0205 e. The van der Waals surface area contributed by atoms with Crippen molar-refractivity contribution < 1.29 is 0 Å². The summed E-state index contributed by atoms with van der Waals surface area (Å²) < 4.78 is 0. The summed E-state index contributed by atoms with van der Waals surface area (Å²) in [6.45, 7) is 4.33. The Kier molecular flexibility index (Phi) is 5.40. The standard InChI is InChI=1S/C15H23NS/c1-2-10-16-12-13-6-5-9-15(11-13)17-14-7-3-4-8-14/h5-6,9,11,14,16H,2-4,7-8,10,12H2,1H3. The Morgan fingerprint density at radius 3 is 2.88 bits per heavy atom. The lowest BCUT2D eigenvalue weighted by Gasteiger charge is -2.10. The molecule has 1 aliphatic rings. The molecule has 0 aromatic heterocycles. The molecule has 0 unspecified atom stereocenters. The Morgan fingerprint density at radius 2 is 2.12 bits per heavy atom. The van der Waals surface area contributed by atoms with Crippen LogP contribution in [-0.2, 0) is 6.54 Å². The second-order valence-corrected chi connectivity index (χ2v) is 6.22. The predicted molar refractivity (Wildman–Crippen MR) is 76.6 cm³/mol. The molecule has 1 fully saturated rings. The van der Waals surface area contributed by atoms with Crippen LogP contribution < -0.4 is 5.32 Å². The first-order chi connectivity index (χ1) is 8.38. The topological polar surface area (TPSA) is 12.0 Å². The normalized spacial score (nSPS) is 16.5. The lowest BCUT2D eigenvalue weighted by atomic mass is 10.2. The fraction of sp³-hybridized carbons (Fsp3) is 0.600. The van der Waals surface area contributed by atoms with E-state index in [0.29, 0.717) is 0 Å². The van der Waals surface area contributed by atoms with Crippen molar-refractivity contribution in [3.63, 3.8) is 0 Å². The molecule has 17 heavy (non-hydrogen) atoms. The van der Waals surface area contributed by atoms with Crippen LogP contribution in [0.25, 0.3) is 0 Å². The van der Waals surface area contributed by atoms with Gasteiger partial charge in [-0.05, 0) is 43.5 Å². The molecule has 1 N–H and O–H groups in total. The van der Waals surface area contributed by atoms with Crippen molar-refractivity contribution in [1.29, 1.82) is 0 Å². The molecular weight excluding hydrogens is 226 g/mol. The van der Waals surface area contributed by atoms with Crippen LogP contribution in [0, 0.1) is 0 Å². The lowest BCUT2D eigenvalue weighted by Crippen LogP contribution is -2.13. The van der Waals surface area contributed by atoms with Crippen molar-refractivity contribution in [2.24, 2.45) is 0 Å². The molecule has 1 nitrogen and oxygen atoms in total. The van der Waals surface area contributed by atoms with Gasteiger partial charge in [0, 0.05) is 16.7 Å². The SMILES string of the molecule is CCCNCc1cccc(SC2CCCC2)c1. The molecule has 0 aliphatic heterocycles. The number of nitrogens with one attached hydrogen (secondary N) is 1. The molecule has 1 aromatic rings. The molecule has 0 heterocycles. The molecule has 0 atom stereocenters. The Bertz CT molecular complexity index is 331. The summed E-state index contributed by atoms with van der Waals surface area (Å²) in [6, 6.07) is 9.03. The smallest absolute Gasteiger partial charge is 0.0205 e. The zero-order chi connectivity index (χ0) is 11.9. The molecular formula is C15H23NS. The summed E-state index contributed by atoms with van der Waals surface area (Å²) in [5, 5.41) is 4.33. The highest BCUT2D eigenvalue weighted by Gasteiger charge is 2.15. The van der Waals surface area contributed by atoms with E-state index in [1.54, 1.807) is 0 Å². The van der Waals surface area contributed by atoms with E-state index in [1.165, 1.54) is 42.6 Å². The second-order valence-electron chi connectivity index (χ2n) is 4.85. The van der Waals surface area contributed by atoms with Gasteiger partial charge in [-0.2, -0.15) is 0 Å². The van der Waals surface area contributed by atoms with E-state index in [1.807, 2.05) is 0 Å². The van der Waals surface area contributed by atoms with Gasteiger partial charge < -0.3 is 5.32 Å². The van der Waals surface area contributed by atoms with Crippen molar-refractivity contribution >= 4 is 11.8 Å². The van der Waals surface area contributed by atoms with Crippen LogP contribution in [0.1, 0.15) is 44.6 Å². The lowest BCUT2D eigenvalue weighted by molar-refractivity contribution is 0.674. The molecule has 0 amide bonds. The minimum absolute atomic E-state index is 0.869. The molecule has 1 aromatic carbocycles. The van der Waals surface area contributed by atoms with Crippen molar-refractivity contribution in [1.82, 2.24) is 5.32 Å². The third-order valence-corrected chi connectivity index (χ3v) is 4.59. The van der Waals surface area contributed by atoms with Gasteiger partial charge in [-0.3, -0.25) is 0 Å². The van der Waals surface area contributed by atoms with Gasteiger partial charge in [0.15, 0.2) is 0 Å². The average molecular weight is 249 g/mol. The number of rotatable bonds is 6. The minimum atomic E-state index is 0.869. The summed E-state index contributed by atoms with van der Waals surface area (Å²) in [7, 11) is 0. The van der Waals surface area contributed by atoms with Crippen molar-refractivity contribution in [2.45, 2.75) is 55.7 Å². The maximum absolute atomic E-state index is 3.46. The van der Waals surface area contributed by atoms with Crippen LogP contribution >= 0.6 is 11.8 Å². The summed E-state index contributed by atoms with van der Waals surface area (Å²) >= 11 is 2.08. The summed E-state index contributed by atoms with van der Waals surface area (Å²) in [4.78, 5) is 1.45. The number of hydrogen-bond donors (Lipinski definition) is 1. The summed E-state index contributed by atoms with van der Waals surface area (Å²) in [5.74, 6) is 0. The molecule has 2 heteroatoms. The Morgan fingerprint density at radius 1 is 1.29 bits per heavy atom. The van der Waals surface area contributed by atoms with Gasteiger partial charge in [-0.25, -0.2) is 0 Å². The highest BCUT2D eigenvalue weighted by Crippen LogP contribution is 2.34.